The van der Waals surface area contributed by atoms with E-state index in [1.165, 1.54) is 5.56 Å². The summed E-state index contributed by atoms with van der Waals surface area (Å²) in [6, 6.07) is 17.0. The smallest absolute Gasteiger partial charge is 0.306 e. The summed E-state index contributed by atoms with van der Waals surface area (Å²) in [6.07, 6.45) is 1.48. The summed E-state index contributed by atoms with van der Waals surface area (Å²) < 4.78 is 5.12. The summed E-state index contributed by atoms with van der Waals surface area (Å²) in [7, 11) is 0. The molecule has 0 unspecified atom stereocenters. The van der Waals surface area contributed by atoms with Gasteiger partial charge in [-0.15, -0.1) is 0 Å². The molecule has 0 radical (unpaired) electrons. The molecule has 0 heterocycles. The molecule has 27 heavy (non-hydrogen) atoms. The van der Waals surface area contributed by atoms with E-state index < -0.39 is 17.8 Å². The van der Waals surface area contributed by atoms with Crippen molar-refractivity contribution < 1.29 is 19.1 Å². The molecular formula is C21H24N2O4. The Balaban J connectivity index is 1.58. The second kappa shape index (κ2) is 10.8. The Labute approximate surface area is 158 Å². The van der Waals surface area contributed by atoms with Gasteiger partial charge in [-0.2, -0.15) is 0 Å². The molecule has 0 aliphatic carbocycles. The van der Waals surface area contributed by atoms with Gasteiger partial charge < -0.3 is 4.74 Å². The Kier molecular flexibility index (Phi) is 8.03. The van der Waals surface area contributed by atoms with Crippen molar-refractivity contribution in [1.29, 1.82) is 0 Å². The van der Waals surface area contributed by atoms with E-state index in [2.05, 4.69) is 10.9 Å². The SMILES string of the molecule is Cc1cccc(C(=O)NNC(=O)CCC(=O)OCCCc2ccccc2)c1. The van der Waals surface area contributed by atoms with E-state index in [1.807, 2.05) is 43.3 Å². The number of carbonyl (C=O) groups excluding carboxylic acids is 3. The van der Waals surface area contributed by atoms with Crippen molar-refractivity contribution in [2.75, 3.05) is 6.61 Å². The van der Waals surface area contributed by atoms with Crippen LogP contribution < -0.4 is 10.9 Å². The minimum atomic E-state index is -0.447. The number of nitrogens with one attached hydrogen (secondary N) is 2. The van der Waals surface area contributed by atoms with Gasteiger partial charge in [0, 0.05) is 12.0 Å². The number of hydrogen-bond acceptors (Lipinski definition) is 4. The quantitative estimate of drug-likeness (QED) is 0.426. The van der Waals surface area contributed by atoms with Crippen molar-refractivity contribution in [3.8, 4) is 0 Å². The van der Waals surface area contributed by atoms with Crippen LogP contribution in [0.5, 0.6) is 0 Å². The maximum absolute atomic E-state index is 11.9. The van der Waals surface area contributed by atoms with Crippen molar-refractivity contribution in [3.05, 3.63) is 71.3 Å². The normalized spacial score (nSPS) is 10.1. The summed E-state index contributed by atoms with van der Waals surface area (Å²) >= 11 is 0. The lowest BCUT2D eigenvalue weighted by Gasteiger charge is -2.08. The molecule has 0 aliphatic rings. The second-order valence-corrected chi connectivity index (χ2v) is 6.18. The third kappa shape index (κ3) is 7.73. The second-order valence-electron chi connectivity index (χ2n) is 6.18. The standard InChI is InChI=1S/C21H24N2O4/c1-16-7-5-11-18(15-16)21(26)23-22-19(24)12-13-20(25)27-14-6-10-17-8-3-2-4-9-17/h2-5,7-9,11,15H,6,10,12-14H2,1H3,(H,22,24)(H,23,26). The number of carbonyl (C=O) groups is 3. The van der Waals surface area contributed by atoms with Crippen LogP contribution in [0.4, 0.5) is 0 Å². The van der Waals surface area contributed by atoms with Gasteiger partial charge in [-0.3, -0.25) is 25.2 Å². The molecule has 0 fully saturated rings. The van der Waals surface area contributed by atoms with Gasteiger partial charge in [-0.05, 0) is 37.5 Å². The summed E-state index contributed by atoms with van der Waals surface area (Å²) in [5, 5.41) is 0. The van der Waals surface area contributed by atoms with Gasteiger partial charge in [0.2, 0.25) is 5.91 Å². The van der Waals surface area contributed by atoms with E-state index >= 15 is 0 Å². The number of amides is 2. The molecule has 6 heteroatoms. The van der Waals surface area contributed by atoms with Crippen molar-refractivity contribution in [2.24, 2.45) is 0 Å². The molecule has 0 aromatic heterocycles. The topological polar surface area (TPSA) is 84.5 Å². The number of hydrazine groups is 1. The molecule has 0 bridgehead atoms. The van der Waals surface area contributed by atoms with Gasteiger partial charge in [0.05, 0.1) is 13.0 Å². The Hall–Kier alpha value is -3.15. The predicted molar refractivity (Wildman–Crippen MR) is 102 cm³/mol. The number of hydrogen-bond donors (Lipinski definition) is 2. The van der Waals surface area contributed by atoms with E-state index in [-0.39, 0.29) is 12.8 Å². The number of rotatable bonds is 8. The first-order chi connectivity index (χ1) is 13.0. The Morgan fingerprint density at radius 1 is 0.926 bits per heavy atom. The van der Waals surface area contributed by atoms with E-state index in [9.17, 15) is 14.4 Å². The van der Waals surface area contributed by atoms with Crippen molar-refractivity contribution in [3.63, 3.8) is 0 Å². The maximum atomic E-state index is 11.9. The fourth-order valence-corrected chi connectivity index (χ4v) is 2.44. The van der Waals surface area contributed by atoms with Crippen LogP contribution in [0.3, 0.4) is 0 Å². The highest BCUT2D eigenvalue weighted by Gasteiger charge is 2.10. The molecule has 2 amide bonds. The third-order valence-electron chi connectivity index (χ3n) is 3.87. The van der Waals surface area contributed by atoms with Gasteiger partial charge >= 0.3 is 5.97 Å². The lowest BCUT2D eigenvalue weighted by Crippen LogP contribution is -2.41. The molecule has 2 rings (SSSR count). The Morgan fingerprint density at radius 2 is 1.70 bits per heavy atom. The zero-order valence-corrected chi connectivity index (χ0v) is 15.4. The van der Waals surface area contributed by atoms with Crippen LogP contribution >= 0.6 is 0 Å². The molecule has 0 aliphatic heterocycles. The molecule has 0 saturated carbocycles. The molecule has 0 saturated heterocycles. The average Bonchev–Trinajstić information content (AvgIpc) is 2.68. The fraction of sp³-hybridized carbons (Fsp3) is 0.286. The third-order valence-corrected chi connectivity index (χ3v) is 3.87. The van der Waals surface area contributed by atoms with Gasteiger partial charge in [-0.25, -0.2) is 0 Å². The monoisotopic (exact) mass is 368 g/mol. The van der Waals surface area contributed by atoms with E-state index in [1.54, 1.807) is 18.2 Å². The van der Waals surface area contributed by atoms with Gasteiger partial charge in [0.1, 0.15) is 0 Å². The molecule has 2 aromatic carbocycles. The molecule has 142 valence electrons. The van der Waals surface area contributed by atoms with Gasteiger partial charge in [0.25, 0.3) is 5.91 Å². The number of ether oxygens (including phenoxy) is 1. The highest BCUT2D eigenvalue weighted by Crippen LogP contribution is 2.04. The first-order valence-electron chi connectivity index (χ1n) is 8.90. The minimum absolute atomic E-state index is 0.0303. The van der Waals surface area contributed by atoms with Crippen LogP contribution in [0, 0.1) is 6.92 Å². The van der Waals surface area contributed by atoms with Gasteiger partial charge in [0.15, 0.2) is 0 Å². The maximum Gasteiger partial charge on any atom is 0.306 e. The highest BCUT2D eigenvalue weighted by molar-refractivity contribution is 5.95. The van der Waals surface area contributed by atoms with Crippen LogP contribution in [0.25, 0.3) is 0 Å². The summed E-state index contributed by atoms with van der Waals surface area (Å²) in [4.78, 5) is 35.3. The van der Waals surface area contributed by atoms with Crippen LogP contribution in [0.2, 0.25) is 0 Å². The molecule has 6 nitrogen and oxygen atoms in total. The number of esters is 1. The molecule has 0 atom stereocenters. The first-order valence-corrected chi connectivity index (χ1v) is 8.90. The Morgan fingerprint density at radius 3 is 2.44 bits per heavy atom. The zero-order valence-electron chi connectivity index (χ0n) is 15.4. The van der Waals surface area contributed by atoms with Crippen molar-refractivity contribution >= 4 is 17.8 Å². The minimum Gasteiger partial charge on any atom is -0.466 e. The van der Waals surface area contributed by atoms with E-state index in [4.69, 9.17) is 4.74 Å². The predicted octanol–water partition coefficient (Wildman–Crippen LogP) is 2.71. The summed E-state index contributed by atoms with van der Waals surface area (Å²) in [6.45, 7) is 2.19. The van der Waals surface area contributed by atoms with Crippen LogP contribution in [0.15, 0.2) is 54.6 Å². The highest BCUT2D eigenvalue weighted by atomic mass is 16.5. The molecule has 2 aromatic rings. The van der Waals surface area contributed by atoms with Crippen molar-refractivity contribution in [2.45, 2.75) is 32.6 Å². The van der Waals surface area contributed by atoms with Gasteiger partial charge in [-0.1, -0.05) is 48.0 Å². The Bertz CT molecular complexity index is 775. The molecular weight excluding hydrogens is 344 g/mol. The number of aryl methyl sites for hydroxylation is 2. The summed E-state index contributed by atoms with van der Waals surface area (Å²) in [5.41, 5.74) is 7.22. The van der Waals surface area contributed by atoms with Crippen molar-refractivity contribution in [1.82, 2.24) is 10.9 Å². The molecule has 2 N–H and O–H groups in total. The first kappa shape index (κ1) is 20.2. The van der Waals surface area contributed by atoms with E-state index in [0.717, 1.165) is 18.4 Å². The lowest BCUT2D eigenvalue weighted by molar-refractivity contribution is -0.145. The zero-order chi connectivity index (χ0) is 19.5. The van der Waals surface area contributed by atoms with Crippen LogP contribution in [0.1, 0.15) is 40.7 Å². The molecule has 0 spiro atoms. The van der Waals surface area contributed by atoms with E-state index in [0.29, 0.717) is 12.2 Å². The van der Waals surface area contributed by atoms with Crippen LogP contribution in [-0.4, -0.2) is 24.4 Å². The summed E-state index contributed by atoms with van der Waals surface area (Å²) in [5.74, 6) is -1.28. The van der Waals surface area contributed by atoms with Crippen LogP contribution in [-0.2, 0) is 20.7 Å². The number of benzene rings is 2. The lowest BCUT2D eigenvalue weighted by atomic mass is 10.1. The average molecular weight is 368 g/mol. The largest absolute Gasteiger partial charge is 0.466 e. The fourth-order valence-electron chi connectivity index (χ4n) is 2.44.